The van der Waals surface area contributed by atoms with Gasteiger partial charge < -0.3 is 4.84 Å². The Labute approximate surface area is 150 Å². The van der Waals surface area contributed by atoms with E-state index < -0.39 is 5.97 Å². The topological polar surface area (TPSA) is 51.5 Å². The molecule has 2 aromatic carbocycles. The number of hydrogen-bond acceptors (Lipinski definition) is 4. The molecule has 0 saturated carbocycles. The highest BCUT2D eigenvalue weighted by Gasteiger charge is 2.11. The summed E-state index contributed by atoms with van der Waals surface area (Å²) < 4.78 is 0. The number of aryl methyl sites for hydroxylation is 1. The van der Waals surface area contributed by atoms with Crippen LogP contribution in [0.4, 0.5) is 0 Å². The Kier molecular flexibility index (Phi) is 5.21. The Morgan fingerprint density at radius 2 is 1.44 bits per heavy atom. The van der Waals surface area contributed by atoms with E-state index in [0.29, 0.717) is 16.3 Å². The molecule has 124 valence electrons. The van der Waals surface area contributed by atoms with E-state index in [4.69, 9.17) is 16.4 Å². The SMILES string of the molecule is Cc1ccc(C(=O)O/N=C(/c2ccncc2)c2ccc(Cl)cc2)cc1. The molecule has 0 spiro atoms. The van der Waals surface area contributed by atoms with Crippen LogP contribution in [0.15, 0.2) is 78.2 Å². The molecule has 0 aliphatic carbocycles. The van der Waals surface area contributed by atoms with E-state index in [2.05, 4.69) is 10.1 Å². The van der Waals surface area contributed by atoms with Crippen molar-refractivity contribution in [3.63, 3.8) is 0 Å². The number of rotatable bonds is 4. The second kappa shape index (κ2) is 7.73. The van der Waals surface area contributed by atoms with Gasteiger partial charge in [0.15, 0.2) is 0 Å². The van der Waals surface area contributed by atoms with Crippen molar-refractivity contribution in [3.05, 3.63) is 100 Å². The maximum absolute atomic E-state index is 12.2. The summed E-state index contributed by atoms with van der Waals surface area (Å²) >= 11 is 5.95. The van der Waals surface area contributed by atoms with Gasteiger partial charge in [-0.3, -0.25) is 4.98 Å². The minimum absolute atomic E-state index is 0.444. The van der Waals surface area contributed by atoms with Crippen molar-refractivity contribution in [1.82, 2.24) is 4.98 Å². The average molecular weight is 351 g/mol. The summed E-state index contributed by atoms with van der Waals surface area (Å²) in [5.41, 5.74) is 3.61. The third-order valence-corrected chi connectivity index (χ3v) is 3.83. The standard InChI is InChI=1S/C20H15ClN2O2/c1-14-2-4-17(5-3-14)20(24)25-23-19(16-10-12-22-13-11-16)15-6-8-18(21)9-7-15/h2-13H,1H3/b23-19+. The second-order valence-corrected chi connectivity index (χ2v) is 5.86. The number of halogens is 1. The van der Waals surface area contributed by atoms with Crippen molar-refractivity contribution in [2.75, 3.05) is 0 Å². The Hall–Kier alpha value is -2.98. The monoisotopic (exact) mass is 350 g/mol. The molecule has 3 aromatic rings. The highest BCUT2D eigenvalue weighted by atomic mass is 35.5. The van der Waals surface area contributed by atoms with E-state index in [-0.39, 0.29) is 0 Å². The summed E-state index contributed by atoms with van der Waals surface area (Å²) in [4.78, 5) is 21.4. The van der Waals surface area contributed by atoms with E-state index in [0.717, 1.165) is 16.7 Å². The third kappa shape index (κ3) is 4.31. The van der Waals surface area contributed by atoms with Gasteiger partial charge in [-0.25, -0.2) is 4.79 Å². The summed E-state index contributed by atoms with van der Waals surface area (Å²) in [5, 5.41) is 4.71. The molecule has 0 fully saturated rings. The van der Waals surface area contributed by atoms with Gasteiger partial charge in [-0.2, -0.15) is 0 Å². The fourth-order valence-corrected chi connectivity index (χ4v) is 2.35. The average Bonchev–Trinajstić information content (AvgIpc) is 2.64. The van der Waals surface area contributed by atoms with Crippen LogP contribution in [0.2, 0.25) is 5.02 Å². The van der Waals surface area contributed by atoms with Crippen LogP contribution in [0.1, 0.15) is 27.0 Å². The summed E-state index contributed by atoms with van der Waals surface area (Å²) in [6, 6.07) is 17.9. The van der Waals surface area contributed by atoms with Crippen molar-refractivity contribution in [1.29, 1.82) is 0 Å². The van der Waals surface area contributed by atoms with Crippen molar-refractivity contribution < 1.29 is 9.63 Å². The number of carbonyl (C=O) groups excluding carboxylic acids is 1. The minimum atomic E-state index is -0.513. The lowest BCUT2D eigenvalue weighted by molar-refractivity contribution is 0.0517. The summed E-state index contributed by atoms with van der Waals surface area (Å²) in [7, 11) is 0. The van der Waals surface area contributed by atoms with Crippen LogP contribution in [-0.2, 0) is 4.84 Å². The largest absolute Gasteiger partial charge is 0.365 e. The smallest absolute Gasteiger partial charge is 0.312 e. The summed E-state index contributed by atoms with van der Waals surface area (Å²) in [5.74, 6) is -0.513. The highest BCUT2D eigenvalue weighted by Crippen LogP contribution is 2.15. The number of hydrogen-bond donors (Lipinski definition) is 0. The Morgan fingerprint density at radius 1 is 0.880 bits per heavy atom. The molecule has 25 heavy (non-hydrogen) atoms. The fraction of sp³-hybridized carbons (Fsp3) is 0.0500. The highest BCUT2D eigenvalue weighted by molar-refractivity contribution is 6.30. The molecule has 0 radical (unpaired) electrons. The first-order chi connectivity index (χ1) is 12.1. The normalized spacial score (nSPS) is 11.2. The first-order valence-electron chi connectivity index (χ1n) is 7.66. The Bertz CT molecular complexity index is 889. The van der Waals surface area contributed by atoms with Gasteiger partial charge in [-0.05, 0) is 43.3 Å². The van der Waals surface area contributed by atoms with Gasteiger partial charge in [-0.1, -0.05) is 46.6 Å². The fourth-order valence-electron chi connectivity index (χ4n) is 2.22. The molecular formula is C20H15ClN2O2. The number of pyridine rings is 1. The molecule has 0 aliphatic heterocycles. The van der Waals surface area contributed by atoms with Crippen LogP contribution in [-0.4, -0.2) is 16.7 Å². The molecule has 3 rings (SSSR count). The quantitative estimate of drug-likeness (QED) is 0.391. The van der Waals surface area contributed by atoms with Gasteiger partial charge in [-0.15, -0.1) is 0 Å². The van der Waals surface area contributed by atoms with Crippen molar-refractivity contribution in [2.24, 2.45) is 5.16 Å². The first-order valence-corrected chi connectivity index (χ1v) is 8.03. The van der Waals surface area contributed by atoms with Crippen molar-refractivity contribution in [3.8, 4) is 0 Å². The molecular weight excluding hydrogens is 336 g/mol. The lowest BCUT2D eigenvalue weighted by Gasteiger charge is -2.07. The van der Waals surface area contributed by atoms with Crippen molar-refractivity contribution >= 4 is 23.3 Å². The molecule has 5 heteroatoms. The zero-order valence-corrected chi connectivity index (χ0v) is 14.3. The van der Waals surface area contributed by atoms with Crippen LogP contribution < -0.4 is 0 Å². The van der Waals surface area contributed by atoms with Gasteiger partial charge in [0.05, 0.1) is 5.56 Å². The molecule has 0 bridgehead atoms. The Balaban J connectivity index is 1.91. The van der Waals surface area contributed by atoms with E-state index in [9.17, 15) is 4.79 Å². The van der Waals surface area contributed by atoms with E-state index in [1.54, 1.807) is 48.8 Å². The van der Waals surface area contributed by atoms with Gasteiger partial charge in [0.2, 0.25) is 0 Å². The lowest BCUT2D eigenvalue weighted by Crippen LogP contribution is -2.08. The maximum Gasteiger partial charge on any atom is 0.365 e. The second-order valence-electron chi connectivity index (χ2n) is 5.43. The Morgan fingerprint density at radius 3 is 2.08 bits per heavy atom. The van der Waals surface area contributed by atoms with E-state index >= 15 is 0 Å². The molecule has 1 heterocycles. The van der Waals surface area contributed by atoms with Crippen LogP contribution in [0.5, 0.6) is 0 Å². The van der Waals surface area contributed by atoms with Gasteiger partial charge in [0.25, 0.3) is 0 Å². The molecule has 0 saturated heterocycles. The summed E-state index contributed by atoms with van der Waals surface area (Å²) in [6.45, 7) is 1.95. The van der Waals surface area contributed by atoms with Crippen LogP contribution >= 0.6 is 11.6 Å². The van der Waals surface area contributed by atoms with E-state index in [1.807, 2.05) is 31.2 Å². The van der Waals surface area contributed by atoms with Crippen LogP contribution in [0.3, 0.4) is 0 Å². The summed E-state index contributed by atoms with van der Waals surface area (Å²) in [6.07, 6.45) is 3.31. The number of oxime groups is 1. The lowest BCUT2D eigenvalue weighted by atomic mass is 10.0. The van der Waals surface area contributed by atoms with Gasteiger partial charge in [0.1, 0.15) is 5.71 Å². The molecule has 0 N–H and O–H groups in total. The number of aromatic nitrogens is 1. The third-order valence-electron chi connectivity index (χ3n) is 3.58. The molecule has 0 amide bonds. The molecule has 0 aliphatic rings. The molecule has 4 nitrogen and oxygen atoms in total. The van der Waals surface area contributed by atoms with E-state index in [1.165, 1.54) is 0 Å². The molecule has 1 aromatic heterocycles. The minimum Gasteiger partial charge on any atom is -0.312 e. The zero-order valence-electron chi connectivity index (χ0n) is 13.5. The molecule has 0 unspecified atom stereocenters. The van der Waals surface area contributed by atoms with Crippen molar-refractivity contribution in [2.45, 2.75) is 6.92 Å². The van der Waals surface area contributed by atoms with Crippen LogP contribution in [0, 0.1) is 6.92 Å². The number of carbonyl (C=O) groups is 1. The first kappa shape index (κ1) is 16.9. The number of nitrogens with zero attached hydrogens (tertiary/aromatic N) is 2. The van der Waals surface area contributed by atoms with Gasteiger partial charge >= 0.3 is 5.97 Å². The predicted molar refractivity (Wildman–Crippen MR) is 97.9 cm³/mol. The number of benzene rings is 2. The van der Waals surface area contributed by atoms with Crippen LogP contribution in [0.25, 0.3) is 0 Å². The van der Waals surface area contributed by atoms with Gasteiger partial charge in [0, 0.05) is 28.5 Å². The molecule has 0 atom stereocenters. The maximum atomic E-state index is 12.2. The zero-order chi connectivity index (χ0) is 17.6. The predicted octanol–water partition coefficient (Wildman–Crippen LogP) is 4.65.